The predicted octanol–water partition coefficient (Wildman–Crippen LogP) is 3.94. The number of aryl methyl sites for hydroxylation is 1. The molecule has 2 aromatic rings. The third kappa shape index (κ3) is 5.59. The smallest absolute Gasteiger partial charge is 0.324 e. The third-order valence-corrected chi connectivity index (χ3v) is 7.70. The van der Waals surface area contributed by atoms with Crippen molar-refractivity contribution in [1.82, 2.24) is 20.0 Å². The van der Waals surface area contributed by atoms with Gasteiger partial charge in [0.25, 0.3) is 0 Å². The number of ether oxygens (including phenoxy) is 1. The van der Waals surface area contributed by atoms with Gasteiger partial charge in [-0.1, -0.05) is 19.0 Å². The summed E-state index contributed by atoms with van der Waals surface area (Å²) in [6.07, 6.45) is 5.77. The molecular weight excluding hydrogens is 449 g/mol. The molecule has 4 heterocycles. The van der Waals surface area contributed by atoms with Gasteiger partial charge in [-0.15, -0.1) is 0 Å². The molecule has 8 nitrogen and oxygen atoms in total. The Hall–Kier alpha value is -2.71. The van der Waals surface area contributed by atoms with E-state index in [0.29, 0.717) is 18.5 Å². The molecule has 1 saturated carbocycles. The number of nitrogens with zero attached hydrogens (tertiary/aromatic N) is 5. The lowest BCUT2D eigenvalue weighted by molar-refractivity contribution is -0.137. The van der Waals surface area contributed by atoms with E-state index in [1.165, 1.54) is 19.3 Å². The highest BCUT2D eigenvalue weighted by Gasteiger charge is 2.43. The topological polar surface area (TPSA) is 84.6 Å². The Balaban J connectivity index is 1.02. The molecule has 3 fully saturated rings. The standard InChI is InChI=1S/C26H36FN5O3/c1-16(2)24-29-26(35-30-24)31-7-4-19(5-8-31)22-12-20(22)6-9-34-25-17(3)10-18(13-28-25)11-23(33)32-14-21(27)15-32/h10,13,16,19-22H,4-9,11-12,14-15H2,1-3H3. The van der Waals surface area contributed by atoms with Gasteiger partial charge >= 0.3 is 6.01 Å². The fraction of sp³-hybridized carbons (Fsp3) is 0.692. The monoisotopic (exact) mass is 485 g/mol. The summed E-state index contributed by atoms with van der Waals surface area (Å²) >= 11 is 0. The van der Waals surface area contributed by atoms with Crippen molar-refractivity contribution in [3.63, 3.8) is 0 Å². The lowest BCUT2D eigenvalue weighted by atomic mass is 9.90. The van der Waals surface area contributed by atoms with Crippen LogP contribution in [0.25, 0.3) is 0 Å². The molecule has 2 aliphatic heterocycles. The first-order chi connectivity index (χ1) is 16.9. The number of pyridine rings is 1. The Kier molecular flexibility index (Phi) is 6.93. The average Bonchev–Trinajstić information content (AvgIpc) is 3.41. The largest absolute Gasteiger partial charge is 0.477 e. The first kappa shape index (κ1) is 24.0. The number of rotatable bonds is 9. The van der Waals surface area contributed by atoms with Crippen LogP contribution >= 0.6 is 0 Å². The van der Waals surface area contributed by atoms with Gasteiger partial charge in [0, 0.05) is 30.8 Å². The van der Waals surface area contributed by atoms with Crippen molar-refractivity contribution in [2.45, 2.75) is 65.0 Å². The van der Waals surface area contributed by atoms with Crippen LogP contribution in [-0.4, -0.2) is 64.9 Å². The molecule has 3 aliphatic rings. The van der Waals surface area contributed by atoms with Crippen LogP contribution in [0.5, 0.6) is 5.88 Å². The molecule has 0 aromatic carbocycles. The second-order valence-electron chi connectivity index (χ2n) is 10.7. The van der Waals surface area contributed by atoms with Crippen LogP contribution in [0.1, 0.15) is 62.4 Å². The van der Waals surface area contributed by atoms with Gasteiger partial charge in [0.2, 0.25) is 11.8 Å². The molecule has 1 amide bonds. The average molecular weight is 486 g/mol. The van der Waals surface area contributed by atoms with E-state index >= 15 is 0 Å². The van der Waals surface area contributed by atoms with Gasteiger partial charge in [0.1, 0.15) is 6.17 Å². The maximum Gasteiger partial charge on any atom is 0.324 e. The van der Waals surface area contributed by atoms with Crippen molar-refractivity contribution >= 4 is 11.9 Å². The summed E-state index contributed by atoms with van der Waals surface area (Å²) in [5.74, 6) is 3.94. The molecule has 2 unspecified atom stereocenters. The lowest BCUT2D eigenvalue weighted by Crippen LogP contribution is -2.52. The van der Waals surface area contributed by atoms with Gasteiger partial charge in [-0.05, 0) is 62.0 Å². The number of alkyl halides is 1. The number of halogens is 1. The van der Waals surface area contributed by atoms with Crippen LogP contribution in [0.4, 0.5) is 10.4 Å². The number of hydrogen-bond donors (Lipinski definition) is 0. The Morgan fingerprint density at radius 3 is 2.71 bits per heavy atom. The molecular formula is C26H36FN5O3. The zero-order valence-corrected chi connectivity index (χ0v) is 21.0. The maximum absolute atomic E-state index is 13.0. The van der Waals surface area contributed by atoms with Gasteiger partial charge in [0.05, 0.1) is 26.1 Å². The minimum atomic E-state index is -0.872. The maximum atomic E-state index is 13.0. The molecule has 2 saturated heterocycles. The summed E-state index contributed by atoms with van der Waals surface area (Å²) in [4.78, 5) is 24.9. The summed E-state index contributed by atoms with van der Waals surface area (Å²) in [6, 6.07) is 2.62. The molecule has 0 spiro atoms. The molecule has 1 aliphatic carbocycles. The van der Waals surface area contributed by atoms with Gasteiger partial charge in [-0.25, -0.2) is 9.37 Å². The number of piperidine rings is 1. The van der Waals surface area contributed by atoms with E-state index in [0.717, 1.165) is 54.2 Å². The number of aromatic nitrogens is 3. The number of carbonyl (C=O) groups is 1. The SMILES string of the molecule is Cc1cc(CC(=O)N2CC(F)C2)cnc1OCCC1CC1C1CCN(c2nc(C(C)C)no2)CC1. The van der Waals surface area contributed by atoms with E-state index in [1.54, 1.807) is 11.1 Å². The quantitative estimate of drug-likeness (QED) is 0.532. The van der Waals surface area contributed by atoms with Gasteiger partial charge in [-0.2, -0.15) is 4.98 Å². The van der Waals surface area contributed by atoms with Crippen molar-refractivity contribution in [3.8, 4) is 5.88 Å². The van der Waals surface area contributed by atoms with Crippen LogP contribution in [0.2, 0.25) is 0 Å². The van der Waals surface area contributed by atoms with Gasteiger partial charge < -0.3 is 19.1 Å². The Morgan fingerprint density at radius 1 is 1.29 bits per heavy atom. The third-order valence-electron chi connectivity index (χ3n) is 7.70. The van der Waals surface area contributed by atoms with E-state index in [2.05, 4.69) is 33.9 Å². The number of carbonyl (C=O) groups excluding carboxylic acids is 1. The van der Waals surface area contributed by atoms with Gasteiger partial charge in [0.15, 0.2) is 5.82 Å². The molecule has 2 atom stereocenters. The van der Waals surface area contributed by atoms with Gasteiger partial charge in [-0.3, -0.25) is 4.79 Å². The Bertz CT molecular complexity index is 1030. The summed E-state index contributed by atoms with van der Waals surface area (Å²) in [5.41, 5.74) is 1.78. The summed E-state index contributed by atoms with van der Waals surface area (Å²) in [6.45, 7) is 9.16. The summed E-state index contributed by atoms with van der Waals surface area (Å²) in [5, 5.41) is 4.09. The second-order valence-corrected chi connectivity index (χ2v) is 10.7. The first-order valence-corrected chi connectivity index (χ1v) is 13.0. The van der Waals surface area contributed by atoms with E-state index in [1.807, 2.05) is 13.0 Å². The Labute approximate surface area is 206 Å². The highest BCUT2D eigenvalue weighted by atomic mass is 19.1. The fourth-order valence-corrected chi connectivity index (χ4v) is 5.38. The van der Waals surface area contributed by atoms with E-state index in [9.17, 15) is 9.18 Å². The zero-order valence-electron chi connectivity index (χ0n) is 21.0. The fourth-order valence-electron chi connectivity index (χ4n) is 5.38. The van der Waals surface area contributed by atoms with Crippen LogP contribution in [-0.2, 0) is 11.2 Å². The predicted molar refractivity (Wildman–Crippen MR) is 129 cm³/mol. The molecule has 2 aromatic heterocycles. The first-order valence-electron chi connectivity index (χ1n) is 13.0. The van der Waals surface area contributed by atoms with E-state index in [4.69, 9.17) is 9.26 Å². The molecule has 35 heavy (non-hydrogen) atoms. The van der Waals surface area contributed by atoms with Crippen LogP contribution in [0.3, 0.4) is 0 Å². The highest BCUT2D eigenvalue weighted by Crippen LogP contribution is 2.50. The summed E-state index contributed by atoms with van der Waals surface area (Å²) in [7, 11) is 0. The van der Waals surface area contributed by atoms with Crippen molar-refractivity contribution < 1.29 is 18.4 Å². The van der Waals surface area contributed by atoms with E-state index in [-0.39, 0.29) is 31.3 Å². The molecule has 0 N–H and O–H groups in total. The minimum absolute atomic E-state index is 0.0447. The number of hydrogen-bond acceptors (Lipinski definition) is 7. The number of amides is 1. The van der Waals surface area contributed by atoms with Crippen LogP contribution < -0.4 is 9.64 Å². The number of anilines is 1. The second kappa shape index (κ2) is 10.1. The van der Waals surface area contributed by atoms with Crippen molar-refractivity contribution in [2.75, 3.05) is 37.7 Å². The van der Waals surface area contributed by atoms with Crippen LogP contribution in [0.15, 0.2) is 16.8 Å². The molecule has 190 valence electrons. The van der Waals surface area contributed by atoms with Crippen molar-refractivity contribution in [2.24, 2.45) is 17.8 Å². The normalized spacial score (nSPS) is 23.0. The molecule has 5 rings (SSSR count). The Morgan fingerprint density at radius 2 is 2.06 bits per heavy atom. The zero-order chi connectivity index (χ0) is 24.5. The molecule has 9 heteroatoms. The lowest BCUT2D eigenvalue weighted by Gasteiger charge is -2.34. The highest BCUT2D eigenvalue weighted by molar-refractivity contribution is 5.79. The molecule has 0 bridgehead atoms. The summed E-state index contributed by atoms with van der Waals surface area (Å²) < 4.78 is 24.4. The molecule has 0 radical (unpaired) electrons. The van der Waals surface area contributed by atoms with Crippen molar-refractivity contribution in [3.05, 3.63) is 29.2 Å². The van der Waals surface area contributed by atoms with Crippen LogP contribution in [0, 0.1) is 24.7 Å². The van der Waals surface area contributed by atoms with Crippen molar-refractivity contribution in [1.29, 1.82) is 0 Å². The minimum Gasteiger partial charge on any atom is -0.477 e. The van der Waals surface area contributed by atoms with E-state index < -0.39 is 6.17 Å². The number of likely N-dealkylation sites (tertiary alicyclic amines) is 1.